The molecule has 9 aromatic rings. The second kappa shape index (κ2) is 17.3. The van der Waals surface area contributed by atoms with Crippen LogP contribution in [0.25, 0.3) is 21.9 Å². The zero-order valence-corrected chi connectivity index (χ0v) is 50.0. The Morgan fingerprint density at radius 2 is 1.03 bits per heavy atom. The average molecular weight is 1040 g/mol. The number of rotatable bonds is 5. The highest BCUT2D eigenvalue weighted by molar-refractivity contribution is 7.00. The molecule has 0 bridgehead atoms. The van der Waals surface area contributed by atoms with Gasteiger partial charge in [0.05, 0.1) is 11.1 Å². The Morgan fingerprint density at radius 1 is 0.456 bits per heavy atom. The lowest BCUT2D eigenvalue weighted by Crippen LogP contribution is -2.62. The third-order valence-corrected chi connectivity index (χ3v) is 19.4. The molecule has 0 saturated carbocycles. The second-order valence-corrected chi connectivity index (χ2v) is 28.9. The molecule has 8 aromatic carbocycles. The molecule has 79 heavy (non-hydrogen) atoms. The molecule has 2 aliphatic carbocycles. The minimum Gasteiger partial charge on any atom is -0.456 e. The van der Waals surface area contributed by atoms with Crippen molar-refractivity contribution in [1.29, 1.82) is 0 Å². The summed E-state index contributed by atoms with van der Waals surface area (Å²) >= 11 is 0. The van der Waals surface area contributed by atoms with Gasteiger partial charge in [-0.1, -0.05) is 164 Å². The van der Waals surface area contributed by atoms with Gasteiger partial charge in [0.15, 0.2) is 0 Å². The fourth-order valence-corrected chi connectivity index (χ4v) is 14.4. The molecule has 0 amide bonds. The smallest absolute Gasteiger partial charge is 0.252 e. The van der Waals surface area contributed by atoms with Crippen molar-refractivity contribution in [3.05, 3.63) is 190 Å². The number of furan rings is 1. The maximum atomic E-state index is 6.76. The standard InChI is InChI=1S/C74H80BN3O/c1-45-38-63-68-64(39-45)78(60-21-19-23-66-67(60)52-20-17-18-22-65(52)79-66)61-42-51(76(49-27-24-47(25-28-49)69(3,4)5)59-33-26-48(40-46(59)2)70(6,7)8)30-32-57(61)75(68)58-43-55-56(74(15,16)37-36-73(55,13)14)44-62(58)77(63)50-29-31-53-54(41-50)72(11,12)35-34-71(53,9)10/h17-33,38-44H,34-37H2,1-16H3. The van der Waals surface area contributed by atoms with Gasteiger partial charge in [-0.2, -0.15) is 0 Å². The van der Waals surface area contributed by atoms with Crippen molar-refractivity contribution in [3.63, 3.8) is 0 Å². The Hall–Kier alpha value is -6.98. The van der Waals surface area contributed by atoms with Gasteiger partial charge in [-0.25, -0.2) is 0 Å². The summed E-state index contributed by atoms with van der Waals surface area (Å²) in [6.07, 6.45) is 4.65. The highest BCUT2D eigenvalue weighted by Crippen LogP contribution is 2.54. The van der Waals surface area contributed by atoms with Gasteiger partial charge in [0.2, 0.25) is 0 Å². The van der Waals surface area contributed by atoms with Gasteiger partial charge in [-0.05, 0) is 212 Å². The average Bonchev–Trinajstić information content (AvgIpc) is 3.93. The number of hydrogen-bond acceptors (Lipinski definition) is 4. The van der Waals surface area contributed by atoms with E-state index in [0.717, 1.165) is 58.3 Å². The molecular formula is C74H80BN3O. The van der Waals surface area contributed by atoms with Gasteiger partial charge in [-0.15, -0.1) is 0 Å². The van der Waals surface area contributed by atoms with E-state index in [1.165, 1.54) is 101 Å². The number of anilines is 9. The molecule has 0 saturated heterocycles. The molecule has 13 rings (SSSR count). The van der Waals surface area contributed by atoms with E-state index in [-0.39, 0.29) is 39.2 Å². The highest BCUT2D eigenvalue weighted by atomic mass is 16.3. The molecule has 5 heteroatoms. The predicted molar refractivity (Wildman–Crippen MR) is 340 cm³/mol. The van der Waals surface area contributed by atoms with E-state index in [0.29, 0.717) is 0 Å². The van der Waals surface area contributed by atoms with Crippen molar-refractivity contribution in [1.82, 2.24) is 0 Å². The van der Waals surface area contributed by atoms with Crippen molar-refractivity contribution >= 4 is 96.2 Å². The lowest BCUT2D eigenvalue weighted by molar-refractivity contribution is 0.332. The summed E-state index contributed by atoms with van der Waals surface area (Å²) in [5, 5.41) is 2.24. The van der Waals surface area contributed by atoms with Crippen molar-refractivity contribution in [2.45, 2.75) is 169 Å². The molecule has 0 radical (unpaired) electrons. The molecular weight excluding hydrogens is 958 g/mol. The fourth-order valence-electron chi connectivity index (χ4n) is 14.4. The van der Waals surface area contributed by atoms with Crippen LogP contribution in [0.3, 0.4) is 0 Å². The topological polar surface area (TPSA) is 22.9 Å². The van der Waals surface area contributed by atoms with Crippen LogP contribution in [0, 0.1) is 13.8 Å². The van der Waals surface area contributed by atoms with E-state index in [9.17, 15) is 0 Å². The Bertz CT molecular complexity index is 3980. The molecule has 0 N–H and O–H groups in total. The van der Waals surface area contributed by atoms with Crippen LogP contribution in [0.2, 0.25) is 0 Å². The van der Waals surface area contributed by atoms with E-state index in [1.807, 2.05) is 0 Å². The van der Waals surface area contributed by atoms with E-state index >= 15 is 0 Å². The van der Waals surface area contributed by atoms with Crippen LogP contribution in [-0.4, -0.2) is 6.71 Å². The van der Waals surface area contributed by atoms with Crippen molar-refractivity contribution in [3.8, 4) is 0 Å². The number of benzene rings is 8. The summed E-state index contributed by atoms with van der Waals surface area (Å²) in [4.78, 5) is 7.81. The number of nitrogens with zero attached hydrogens (tertiary/aromatic N) is 3. The summed E-state index contributed by atoms with van der Waals surface area (Å²) in [5.74, 6) is 0. The minimum atomic E-state index is -0.0519. The van der Waals surface area contributed by atoms with Gasteiger partial charge in [0.1, 0.15) is 11.2 Å². The Kier molecular flexibility index (Phi) is 11.2. The number of aryl methyl sites for hydroxylation is 2. The van der Waals surface area contributed by atoms with Crippen LogP contribution < -0.4 is 31.1 Å². The van der Waals surface area contributed by atoms with Gasteiger partial charge >= 0.3 is 0 Å². The summed E-state index contributed by atoms with van der Waals surface area (Å²) in [7, 11) is 0. The van der Waals surface area contributed by atoms with Crippen LogP contribution in [0.1, 0.15) is 167 Å². The first-order valence-corrected chi connectivity index (χ1v) is 29.4. The second-order valence-electron chi connectivity index (χ2n) is 28.9. The van der Waals surface area contributed by atoms with Gasteiger partial charge in [0, 0.05) is 50.9 Å². The van der Waals surface area contributed by atoms with Gasteiger partial charge < -0.3 is 19.1 Å². The summed E-state index contributed by atoms with van der Waals surface area (Å²) in [6, 6.07) is 56.9. The fraction of sp³-hybridized carbons (Fsp3) is 0.351. The first-order chi connectivity index (χ1) is 37.2. The third kappa shape index (κ3) is 8.05. The van der Waals surface area contributed by atoms with Gasteiger partial charge in [-0.3, -0.25) is 0 Å². The Labute approximate surface area is 471 Å². The predicted octanol–water partition coefficient (Wildman–Crippen LogP) is 19.0. The number of para-hydroxylation sites is 1. The largest absolute Gasteiger partial charge is 0.456 e. The molecule has 3 heterocycles. The van der Waals surface area contributed by atoms with Crippen LogP contribution in [0.4, 0.5) is 51.2 Å². The molecule has 0 spiro atoms. The maximum Gasteiger partial charge on any atom is 0.252 e. The summed E-state index contributed by atoms with van der Waals surface area (Å²) in [6.45, 7) is 38.1. The minimum absolute atomic E-state index is 0.0112. The SMILES string of the molecule is Cc1cc2c3c(c1)N(c1cccc4oc5ccccc5c14)c1cc(N(c4ccc(C(C)(C)C)cc4)c4ccc(C(C)(C)C)cc4C)ccc1B3c1cc3c(cc1N2c1ccc2c(c1)C(C)(C)CCC2(C)C)C(C)(C)CCC3(C)C. The van der Waals surface area contributed by atoms with E-state index in [2.05, 4.69) is 271 Å². The molecule has 0 fully saturated rings. The lowest BCUT2D eigenvalue weighted by Gasteiger charge is -2.48. The molecule has 1 aromatic heterocycles. The first kappa shape index (κ1) is 51.5. The molecule has 0 unspecified atom stereocenters. The Balaban J connectivity index is 1.13. The molecule has 4 aliphatic rings. The zero-order valence-electron chi connectivity index (χ0n) is 50.0. The first-order valence-electron chi connectivity index (χ1n) is 29.4. The molecule has 4 nitrogen and oxygen atoms in total. The third-order valence-electron chi connectivity index (χ3n) is 19.4. The van der Waals surface area contributed by atoms with Gasteiger partial charge in [0.25, 0.3) is 6.71 Å². The monoisotopic (exact) mass is 1040 g/mol. The van der Waals surface area contributed by atoms with Crippen molar-refractivity contribution in [2.75, 3.05) is 14.7 Å². The van der Waals surface area contributed by atoms with E-state index < -0.39 is 0 Å². The highest BCUT2D eigenvalue weighted by Gasteiger charge is 2.48. The normalized spacial score (nSPS) is 17.5. The summed E-state index contributed by atoms with van der Waals surface area (Å²) < 4.78 is 6.76. The van der Waals surface area contributed by atoms with Crippen LogP contribution in [-0.2, 0) is 32.5 Å². The summed E-state index contributed by atoms with van der Waals surface area (Å²) in [5.41, 5.74) is 27.8. The quantitative estimate of drug-likeness (QED) is 0.160. The number of hydrogen-bond donors (Lipinski definition) is 0. The maximum absolute atomic E-state index is 6.76. The van der Waals surface area contributed by atoms with Crippen molar-refractivity contribution in [2.24, 2.45) is 0 Å². The number of fused-ring (bicyclic) bond motifs is 9. The van der Waals surface area contributed by atoms with Crippen LogP contribution in [0.5, 0.6) is 0 Å². The molecule has 400 valence electrons. The lowest BCUT2D eigenvalue weighted by atomic mass is 9.33. The van der Waals surface area contributed by atoms with Crippen molar-refractivity contribution < 1.29 is 4.42 Å². The van der Waals surface area contributed by atoms with E-state index in [1.54, 1.807) is 0 Å². The molecule has 2 aliphatic heterocycles. The molecule has 0 atom stereocenters. The van der Waals surface area contributed by atoms with E-state index in [4.69, 9.17) is 4.42 Å². The zero-order chi connectivity index (χ0) is 55.7. The van der Waals surface area contributed by atoms with Crippen LogP contribution in [0.15, 0.2) is 150 Å². The van der Waals surface area contributed by atoms with Crippen LogP contribution >= 0.6 is 0 Å². The Morgan fingerprint density at radius 3 is 1.68 bits per heavy atom.